The number of methoxy groups -OCH3 is 1. The molecule has 4 aromatic rings. The van der Waals surface area contributed by atoms with Crippen LogP contribution >= 0.6 is 0 Å². The van der Waals surface area contributed by atoms with Crippen LogP contribution in [0.15, 0.2) is 60.7 Å². The number of H-pyrrole nitrogens is 1. The van der Waals surface area contributed by atoms with Gasteiger partial charge in [0.1, 0.15) is 17.3 Å². The zero-order valence-electron chi connectivity index (χ0n) is 18.1. The molecule has 0 spiro atoms. The lowest BCUT2D eigenvalue weighted by Gasteiger charge is -2.12. The molecule has 35 heavy (non-hydrogen) atoms. The number of hydrogen-bond donors (Lipinski definition) is 4. The van der Waals surface area contributed by atoms with Gasteiger partial charge in [-0.15, -0.1) is 0 Å². The molecule has 0 radical (unpaired) electrons. The molecule has 11 heteroatoms. The summed E-state index contributed by atoms with van der Waals surface area (Å²) in [6.45, 7) is 0. The third kappa shape index (κ3) is 4.74. The number of benzene rings is 3. The predicted molar refractivity (Wildman–Crippen MR) is 123 cm³/mol. The number of nitrogens with two attached hydrogens (primary N) is 1. The first-order valence-electron chi connectivity index (χ1n) is 10.1. The number of aromatic nitrogens is 1. The standard InChI is InChI=1S/C24H18F4N4O3/c1-35-18-4-2-3-15-19(21(22(29)33)32-20(15)18)12-5-8-14(9-6-12)30-23(34)31-17-11-13(24(26,27)28)7-10-16(17)25/h2-11,32H,1H3,(H2,29,33)(H2,30,31,34). The Morgan fingerprint density at radius 1 is 1.00 bits per heavy atom. The van der Waals surface area contributed by atoms with E-state index in [1.54, 1.807) is 30.3 Å². The van der Waals surface area contributed by atoms with Crippen LogP contribution in [0.25, 0.3) is 22.0 Å². The molecular weight excluding hydrogens is 468 g/mol. The fourth-order valence-corrected chi connectivity index (χ4v) is 3.65. The maximum absolute atomic E-state index is 13.9. The molecule has 0 aliphatic heterocycles. The van der Waals surface area contributed by atoms with E-state index in [9.17, 15) is 27.2 Å². The van der Waals surface area contributed by atoms with E-state index in [0.717, 1.165) is 0 Å². The average molecular weight is 486 g/mol. The number of carbonyl (C=O) groups is 2. The van der Waals surface area contributed by atoms with Crippen LogP contribution < -0.4 is 21.1 Å². The molecule has 1 aromatic heterocycles. The van der Waals surface area contributed by atoms with Gasteiger partial charge >= 0.3 is 12.2 Å². The Kier molecular flexibility index (Phi) is 6.08. The summed E-state index contributed by atoms with van der Waals surface area (Å²) in [6, 6.07) is 12.3. The summed E-state index contributed by atoms with van der Waals surface area (Å²) < 4.78 is 57.8. The Labute approximate surface area is 195 Å². The second kappa shape index (κ2) is 9.01. The van der Waals surface area contributed by atoms with E-state index < -0.39 is 35.2 Å². The number of urea groups is 1. The molecule has 0 saturated carbocycles. The first-order valence-corrected chi connectivity index (χ1v) is 10.1. The Hall–Kier alpha value is -4.54. The first kappa shape index (κ1) is 23.6. The Balaban J connectivity index is 1.58. The molecule has 5 N–H and O–H groups in total. The molecule has 0 unspecified atom stereocenters. The molecule has 1 heterocycles. The second-order valence-electron chi connectivity index (χ2n) is 7.47. The molecule has 4 rings (SSSR count). The highest BCUT2D eigenvalue weighted by Crippen LogP contribution is 2.37. The monoisotopic (exact) mass is 486 g/mol. The number of rotatable bonds is 5. The van der Waals surface area contributed by atoms with Crippen molar-refractivity contribution in [1.29, 1.82) is 0 Å². The van der Waals surface area contributed by atoms with Gasteiger partial charge in [0, 0.05) is 16.6 Å². The fourth-order valence-electron chi connectivity index (χ4n) is 3.65. The van der Waals surface area contributed by atoms with E-state index in [4.69, 9.17) is 10.5 Å². The summed E-state index contributed by atoms with van der Waals surface area (Å²) in [4.78, 5) is 27.3. The van der Waals surface area contributed by atoms with Crippen molar-refractivity contribution in [2.24, 2.45) is 5.73 Å². The van der Waals surface area contributed by atoms with Gasteiger partial charge in [0.15, 0.2) is 0 Å². The number of fused-ring (bicyclic) bond motifs is 1. The lowest BCUT2D eigenvalue weighted by Crippen LogP contribution is -2.20. The van der Waals surface area contributed by atoms with Crippen LogP contribution in [0.4, 0.5) is 33.7 Å². The lowest BCUT2D eigenvalue weighted by atomic mass is 10.0. The number of aromatic amines is 1. The normalized spacial score (nSPS) is 11.3. The van der Waals surface area contributed by atoms with Crippen LogP contribution in [-0.2, 0) is 6.18 Å². The van der Waals surface area contributed by atoms with Crippen LogP contribution in [0.1, 0.15) is 16.1 Å². The molecule has 3 aromatic carbocycles. The molecule has 0 aliphatic rings. The molecule has 0 bridgehead atoms. The number of amides is 3. The zero-order chi connectivity index (χ0) is 25.3. The minimum atomic E-state index is -4.69. The largest absolute Gasteiger partial charge is 0.495 e. The third-order valence-corrected chi connectivity index (χ3v) is 5.24. The number of anilines is 2. The Morgan fingerprint density at radius 3 is 2.34 bits per heavy atom. The quantitative estimate of drug-likeness (QED) is 0.270. The molecule has 7 nitrogen and oxygen atoms in total. The van der Waals surface area contributed by atoms with Crippen molar-refractivity contribution in [3.05, 3.63) is 77.7 Å². The summed E-state index contributed by atoms with van der Waals surface area (Å²) in [7, 11) is 1.50. The number of carbonyl (C=O) groups excluding carboxylic acids is 2. The lowest BCUT2D eigenvalue weighted by molar-refractivity contribution is -0.137. The van der Waals surface area contributed by atoms with Crippen LogP contribution in [-0.4, -0.2) is 24.0 Å². The summed E-state index contributed by atoms with van der Waals surface area (Å²) in [5, 5.41) is 5.18. The first-order chi connectivity index (χ1) is 16.6. The van der Waals surface area contributed by atoms with Crippen LogP contribution in [0.2, 0.25) is 0 Å². The molecule has 0 saturated heterocycles. The molecule has 3 amide bonds. The highest BCUT2D eigenvalue weighted by molar-refractivity contribution is 6.10. The van der Waals surface area contributed by atoms with Crippen molar-refractivity contribution in [2.75, 3.05) is 17.7 Å². The Morgan fingerprint density at radius 2 is 1.71 bits per heavy atom. The van der Waals surface area contributed by atoms with Gasteiger partial charge in [0.2, 0.25) is 0 Å². The SMILES string of the molecule is COc1cccc2c(-c3ccc(NC(=O)Nc4cc(C(F)(F)F)ccc4F)cc3)c(C(N)=O)[nH]c12. The summed E-state index contributed by atoms with van der Waals surface area (Å²) in [5.74, 6) is -1.17. The van der Waals surface area contributed by atoms with E-state index in [-0.39, 0.29) is 11.4 Å². The van der Waals surface area contributed by atoms with Crippen molar-refractivity contribution < 1.29 is 31.9 Å². The Bertz CT molecular complexity index is 1430. The van der Waals surface area contributed by atoms with Crippen LogP contribution in [0.5, 0.6) is 5.75 Å². The molecule has 0 atom stereocenters. The van der Waals surface area contributed by atoms with Crippen molar-refractivity contribution in [2.45, 2.75) is 6.18 Å². The van der Waals surface area contributed by atoms with Gasteiger partial charge < -0.3 is 26.1 Å². The van der Waals surface area contributed by atoms with Gasteiger partial charge in [-0.25, -0.2) is 9.18 Å². The highest BCUT2D eigenvalue weighted by Gasteiger charge is 2.31. The number of nitrogens with one attached hydrogen (secondary N) is 3. The summed E-state index contributed by atoms with van der Waals surface area (Å²) in [6.07, 6.45) is -4.69. The summed E-state index contributed by atoms with van der Waals surface area (Å²) >= 11 is 0. The fraction of sp³-hybridized carbons (Fsp3) is 0.0833. The van der Waals surface area contributed by atoms with Gasteiger partial charge in [-0.05, 0) is 42.0 Å². The predicted octanol–water partition coefficient (Wildman–Crippen LogP) is 5.74. The molecule has 0 aliphatic carbocycles. The van der Waals surface area contributed by atoms with Gasteiger partial charge in [0.05, 0.1) is 23.9 Å². The van der Waals surface area contributed by atoms with Gasteiger partial charge in [-0.2, -0.15) is 13.2 Å². The highest BCUT2D eigenvalue weighted by atomic mass is 19.4. The van der Waals surface area contributed by atoms with E-state index in [0.29, 0.717) is 46.0 Å². The molecule has 0 fully saturated rings. The van der Waals surface area contributed by atoms with Crippen molar-refractivity contribution in [1.82, 2.24) is 4.98 Å². The van der Waals surface area contributed by atoms with E-state index in [1.165, 1.54) is 19.2 Å². The number of alkyl halides is 3. The molecule has 180 valence electrons. The van der Waals surface area contributed by atoms with Gasteiger partial charge in [-0.3, -0.25) is 4.79 Å². The third-order valence-electron chi connectivity index (χ3n) is 5.24. The number of primary amides is 1. The smallest absolute Gasteiger partial charge is 0.416 e. The zero-order valence-corrected chi connectivity index (χ0v) is 18.1. The van der Waals surface area contributed by atoms with E-state index >= 15 is 0 Å². The van der Waals surface area contributed by atoms with E-state index in [2.05, 4.69) is 15.6 Å². The second-order valence-corrected chi connectivity index (χ2v) is 7.47. The van der Waals surface area contributed by atoms with E-state index in [1.807, 2.05) is 0 Å². The maximum Gasteiger partial charge on any atom is 0.416 e. The molecular formula is C24H18F4N4O3. The number of hydrogen-bond acceptors (Lipinski definition) is 3. The minimum Gasteiger partial charge on any atom is -0.495 e. The van der Waals surface area contributed by atoms with Crippen LogP contribution in [0, 0.1) is 5.82 Å². The number of halogens is 4. The minimum absolute atomic E-state index is 0.169. The van der Waals surface area contributed by atoms with Gasteiger partial charge in [-0.1, -0.05) is 24.3 Å². The number of para-hydroxylation sites is 1. The van der Waals surface area contributed by atoms with Crippen molar-refractivity contribution in [3.8, 4) is 16.9 Å². The van der Waals surface area contributed by atoms with Crippen LogP contribution in [0.3, 0.4) is 0 Å². The maximum atomic E-state index is 13.9. The summed E-state index contributed by atoms with van der Waals surface area (Å²) in [5.41, 5.74) is 6.00. The van der Waals surface area contributed by atoms with Crippen molar-refractivity contribution >= 4 is 34.2 Å². The topological polar surface area (TPSA) is 109 Å². The van der Waals surface area contributed by atoms with Gasteiger partial charge in [0.25, 0.3) is 5.91 Å². The average Bonchev–Trinajstić information content (AvgIpc) is 3.20. The van der Waals surface area contributed by atoms with Crippen molar-refractivity contribution in [3.63, 3.8) is 0 Å². The number of ether oxygens (including phenoxy) is 1.